The van der Waals surface area contributed by atoms with Gasteiger partial charge in [-0.1, -0.05) is 55.0 Å². The number of carbonyl (C=O) groups excluding carboxylic acids is 2. The van der Waals surface area contributed by atoms with Gasteiger partial charge in [-0.15, -0.1) is 0 Å². The van der Waals surface area contributed by atoms with Gasteiger partial charge in [0.1, 0.15) is 16.1 Å². The van der Waals surface area contributed by atoms with Gasteiger partial charge >= 0.3 is 7.60 Å². The first kappa shape index (κ1) is 30.2. The summed E-state index contributed by atoms with van der Waals surface area (Å²) in [5, 5.41) is 7.51. The number of piperazine rings is 1. The molecule has 1 saturated heterocycles. The van der Waals surface area contributed by atoms with Crippen molar-refractivity contribution in [3.8, 4) is 10.6 Å². The van der Waals surface area contributed by atoms with Crippen LogP contribution in [0.5, 0.6) is 0 Å². The second kappa shape index (κ2) is 14.7. The van der Waals surface area contributed by atoms with Gasteiger partial charge in [-0.3, -0.25) is 14.2 Å². The first-order valence-electron chi connectivity index (χ1n) is 13.3. The molecule has 1 aliphatic rings. The zero-order valence-corrected chi connectivity index (χ0v) is 24.5. The highest BCUT2D eigenvalue weighted by molar-refractivity contribution is 7.54. The van der Waals surface area contributed by atoms with E-state index in [9.17, 15) is 14.2 Å². The van der Waals surface area contributed by atoms with Gasteiger partial charge in [0.25, 0.3) is 5.91 Å². The third kappa shape index (κ3) is 8.10. The summed E-state index contributed by atoms with van der Waals surface area (Å²) >= 11 is 1.44. The van der Waals surface area contributed by atoms with Crippen molar-refractivity contribution in [3.05, 3.63) is 36.0 Å². The number of hydrogen-bond acceptors (Lipinski definition) is 9. The van der Waals surface area contributed by atoms with Crippen molar-refractivity contribution in [3.63, 3.8) is 0 Å². The topological polar surface area (TPSA) is 113 Å². The van der Waals surface area contributed by atoms with Crippen molar-refractivity contribution >= 4 is 35.7 Å². The summed E-state index contributed by atoms with van der Waals surface area (Å²) in [5.74, 6) is -0.798. The van der Waals surface area contributed by atoms with Crippen LogP contribution in [-0.2, 0) is 18.4 Å². The van der Waals surface area contributed by atoms with Crippen LogP contribution in [0.15, 0.2) is 30.3 Å². The summed E-state index contributed by atoms with van der Waals surface area (Å²) in [6.07, 6.45) is 1.73. The molecule has 10 nitrogen and oxygen atoms in total. The minimum atomic E-state index is -3.62. The smallest absolute Gasteiger partial charge is 0.333 e. The molecule has 3 rings (SSSR count). The van der Waals surface area contributed by atoms with E-state index in [0.717, 1.165) is 30.0 Å². The fourth-order valence-corrected chi connectivity index (χ4v) is 7.02. The van der Waals surface area contributed by atoms with E-state index in [-0.39, 0.29) is 31.0 Å². The zero-order chi connectivity index (χ0) is 27.5. The molecule has 2 aromatic rings. The van der Waals surface area contributed by atoms with Crippen LogP contribution in [0.4, 0.5) is 5.00 Å². The molecule has 0 saturated carbocycles. The van der Waals surface area contributed by atoms with Crippen LogP contribution in [0.2, 0.25) is 0 Å². The summed E-state index contributed by atoms with van der Waals surface area (Å²) in [5.41, 5.74) is 1.15. The second-order valence-corrected chi connectivity index (χ2v) is 12.1. The first-order chi connectivity index (χ1) is 18.3. The molecule has 0 spiro atoms. The van der Waals surface area contributed by atoms with Crippen LogP contribution in [0.1, 0.15) is 44.1 Å². The Morgan fingerprint density at radius 2 is 1.82 bits per heavy atom. The quantitative estimate of drug-likeness (QED) is 0.332. The Labute approximate surface area is 229 Å². The summed E-state index contributed by atoms with van der Waals surface area (Å²) in [6.45, 7) is 8.95. The van der Waals surface area contributed by atoms with Crippen LogP contribution < -0.4 is 15.5 Å². The lowest BCUT2D eigenvalue weighted by atomic mass is 10.2. The number of carbonyl (C=O) groups is 2. The van der Waals surface area contributed by atoms with Crippen molar-refractivity contribution in [2.45, 2.75) is 39.7 Å². The predicted octanol–water partition coefficient (Wildman–Crippen LogP) is 3.84. The Morgan fingerprint density at radius 3 is 2.42 bits per heavy atom. The maximum absolute atomic E-state index is 13.7. The van der Waals surface area contributed by atoms with E-state index in [0.29, 0.717) is 31.2 Å². The van der Waals surface area contributed by atoms with E-state index in [2.05, 4.69) is 17.6 Å². The third-order valence-corrected chi connectivity index (χ3v) is 9.46. The molecule has 12 heteroatoms. The van der Waals surface area contributed by atoms with E-state index in [1.165, 1.54) is 11.3 Å². The Kier molecular flexibility index (Phi) is 11.7. The van der Waals surface area contributed by atoms with Crippen molar-refractivity contribution in [1.29, 1.82) is 0 Å². The molecule has 1 aliphatic heterocycles. The normalized spacial score (nSPS) is 14.8. The van der Waals surface area contributed by atoms with E-state index >= 15 is 0 Å². The number of unbranched alkanes of at least 4 members (excludes halogenated alkanes) is 1. The van der Waals surface area contributed by atoms with Gasteiger partial charge in [0.15, 0.2) is 5.69 Å². The van der Waals surface area contributed by atoms with Crippen LogP contribution in [-0.4, -0.2) is 86.9 Å². The number of thiazole rings is 1. The molecule has 1 fully saturated rings. The number of nitrogens with zero attached hydrogens (tertiary/aromatic N) is 3. The van der Waals surface area contributed by atoms with Gasteiger partial charge < -0.3 is 29.5 Å². The molecule has 0 radical (unpaired) electrons. The molecular weight excluding hydrogens is 525 g/mol. The SMILES string of the molecule is CCCCN(C)c1sc(-c2ccccc2)nc1C(=O)NC(CP(=O)(OCC)OCC)C(=O)N1CCNCC1. The summed E-state index contributed by atoms with van der Waals surface area (Å²) in [4.78, 5) is 35.7. The number of aromatic nitrogens is 1. The molecule has 1 unspecified atom stereocenters. The summed E-state index contributed by atoms with van der Waals surface area (Å²) in [6, 6.07) is 8.61. The molecule has 1 atom stereocenters. The average Bonchev–Trinajstić information content (AvgIpc) is 3.38. The molecule has 2 N–H and O–H groups in total. The lowest BCUT2D eigenvalue weighted by Crippen LogP contribution is -2.55. The minimum absolute atomic E-state index is 0.165. The molecule has 2 amide bonds. The largest absolute Gasteiger partial charge is 0.365 e. The van der Waals surface area contributed by atoms with Gasteiger partial charge in [-0.05, 0) is 20.3 Å². The number of benzene rings is 1. The molecule has 1 aromatic heterocycles. The van der Waals surface area contributed by atoms with E-state index in [1.54, 1.807) is 18.7 Å². The van der Waals surface area contributed by atoms with Crippen LogP contribution >= 0.6 is 18.9 Å². The van der Waals surface area contributed by atoms with Crippen LogP contribution in [0.25, 0.3) is 10.6 Å². The second-order valence-electron chi connectivity index (χ2n) is 9.04. The number of anilines is 1. The van der Waals surface area contributed by atoms with Crippen LogP contribution in [0.3, 0.4) is 0 Å². The van der Waals surface area contributed by atoms with Crippen molar-refractivity contribution in [1.82, 2.24) is 20.5 Å². The molecule has 38 heavy (non-hydrogen) atoms. The molecule has 2 heterocycles. The Hall–Kier alpha value is -2.30. The Balaban J connectivity index is 1.94. The van der Waals surface area contributed by atoms with E-state index in [4.69, 9.17) is 14.0 Å². The van der Waals surface area contributed by atoms with Gasteiger partial charge in [-0.2, -0.15) is 0 Å². The number of hydrogen-bond donors (Lipinski definition) is 2. The summed E-state index contributed by atoms with van der Waals surface area (Å²) < 4.78 is 24.4. The van der Waals surface area contributed by atoms with Gasteiger partial charge in [0.05, 0.1) is 19.4 Å². The van der Waals surface area contributed by atoms with E-state index < -0.39 is 19.5 Å². The molecule has 0 bridgehead atoms. The van der Waals surface area contributed by atoms with Gasteiger partial charge in [0.2, 0.25) is 5.91 Å². The fraction of sp³-hybridized carbons (Fsp3) is 0.577. The molecular formula is C26H40N5O5PS. The Morgan fingerprint density at radius 1 is 1.16 bits per heavy atom. The highest BCUT2D eigenvalue weighted by atomic mass is 32.1. The number of amides is 2. The van der Waals surface area contributed by atoms with Crippen molar-refractivity contribution in [2.75, 3.05) is 64.0 Å². The van der Waals surface area contributed by atoms with Gasteiger partial charge in [0, 0.05) is 45.3 Å². The Bertz CT molecular complexity index is 1080. The van der Waals surface area contributed by atoms with Gasteiger partial charge in [-0.25, -0.2) is 4.98 Å². The average molecular weight is 566 g/mol. The summed E-state index contributed by atoms with van der Waals surface area (Å²) in [7, 11) is -1.68. The number of rotatable bonds is 14. The highest BCUT2D eigenvalue weighted by Crippen LogP contribution is 2.48. The van der Waals surface area contributed by atoms with Crippen molar-refractivity contribution in [2.24, 2.45) is 0 Å². The lowest BCUT2D eigenvalue weighted by molar-refractivity contribution is -0.133. The van der Waals surface area contributed by atoms with E-state index in [1.807, 2.05) is 42.3 Å². The van der Waals surface area contributed by atoms with Crippen molar-refractivity contribution < 1.29 is 23.2 Å². The fourth-order valence-electron chi connectivity index (χ4n) is 4.20. The zero-order valence-electron chi connectivity index (χ0n) is 22.8. The monoisotopic (exact) mass is 565 g/mol. The number of nitrogens with one attached hydrogen (secondary N) is 2. The highest BCUT2D eigenvalue weighted by Gasteiger charge is 2.37. The predicted molar refractivity (Wildman–Crippen MR) is 152 cm³/mol. The molecule has 210 valence electrons. The third-order valence-electron chi connectivity index (χ3n) is 6.13. The maximum Gasteiger partial charge on any atom is 0.333 e. The molecule has 0 aliphatic carbocycles. The maximum atomic E-state index is 13.7. The standard InChI is InChI=1S/C26H40N5O5PS/c1-5-8-16-30(4)26-22(29-24(38-26)20-12-10-9-11-13-20)23(32)28-21(19-37(34,35-6-2)36-7-3)25(33)31-17-14-27-15-18-31/h9-13,21,27H,5-8,14-19H2,1-4H3,(H,28,32). The molecule has 1 aromatic carbocycles. The first-order valence-corrected chi connectivity index (χ1v) is 15.8. The van der Waals surface area contributed by atoms with Crippen LogP contribution in [0, 0.1) is 0 Å². The lowest BCUT2D eigenvalue weighted by Gasteiger charge is -2.32. The minimum Gasteiger partial charge on any atom is -0.365 e.